The minimum absolute atomic E-state index is 0.0368. The molecule has 0 aliphatic carbocycles. The van der Waals surface area contributed by atoms with Gasteiger partial charge in [0.15, 0.2) is 0 Å². The van der Waals surface area contributed by atoms with Crippen molar-refractivity contribution in [2.75, 3.05) is 11.9 Å². The molecule has 1 fully saturated rings. The lowest BCUT2D eigenvalue weighted by atomic mass is 10.1. The summed E-state index contributed by atoms with van der Waals surface area (Å²) < 4.78 is 38.5. The molecular weight excluding hydrogens is 257 g/mol. The van der Waals surface area contributed by atoms with E-state index in [-0.39, 0.29) is 24.1 Å². The third-order valence-electron chi connectivity index (χ3n) is 3.08. The van der Waals surface area contributed by atoms with Crippen molar-refractivity contribution in [1.29, 1.82) is 0 Å². The van der Waals surface area contributed by atoms with Crippen molar-refractivity contribution < 1.29 is 18.0 Å². The smallest absolute Gasteiger partial charge is 0.381 e. The zero-order valence-electron chi connectivity index (χ0n) is 10.3. The quantitative estimate of drug-likeness (QED) is 0.869. The van der Waals surface area contributed by atoms with Gasteiger partial charge in [0, 0.05) is 24.7 Å². The molecule has 2 N–H and O–H groups in total. The summed E-state index contributed by atoms with van der Waals surface area (Å²) in [6, 6.07) is 5.08. The van der Waals surface area contributed by atoms with Crippen LogP contribution in [0.3, 0.4) is 0 Å². The first-order chi connectivity index (χ1) is 8.97. The molecule has 1 heterocycles. The molecule has 0 saturated carbocycles. The van der Waals surface area contributed by atoms with Crippen LogP contribution >= 0.6 is 0 Å². The normalized spacial score (nSPS) is 20.6. The fraction of sp³-hybridized carbons (Fsp3) is 0.462. The molecule has 19 heavy (non-hydrogen) atoms. The first-order valence-electron chi connectivity index (χ1n) is 6.16. The number of rotatable bonds is 2. The zero-order chi connectivity index (χ0) is 13.9. The van der Waals surface area contributed by atoms with Crippen LogP contribution in [-0.2, 0) is 11.0 Å². The summed E-state index contributed by atoms with van der Waals surface area (Å²) in [7, 11) is 0. The number of benzene rings is 1. The molecule has 1 aromatic rings. The van der Waals surface area contributed by atoms with Crippen LogP contribution < -0.4 is 10.6 Å². The molecule has 0 bridgehead atoms. The van der Waals surface area contributed by atoms with Crippen molar-refractivity contribution in [2.45, 2.75) is 31.5 Å². The second kappa shape index (κ2) is 5.50. The molecule has 1 atom stereocenters. The molecule has 0 aromatic heterocycles. The average Bonchev–Trinajstić information content (AvgIpc) is 2.53. The number of hydrogen-bond donors (Lipinski definition) is 2. The van der Waals surface area contributed by atoms with Gasteiger partial charge in [0.25, 0.3) is 0 Å². The molecule has 1 unspecified atom stereocenters. The van der Waals surface area contributed by atoms with Gasteiger partial charge in [-0.05, 0) is 25.0 Å². The van der Waals surface area contributed by atoms with Crippen LogP contribution in [0.4, 0.5) is 18.9 Å². The molecule has 1 amide bonds. The van der Waals surface area contributed by atoms with E-state index in [1.807, 2.05) is 0 Å². The SMILES string of the molecule is O=C1CC(Nc2ccccc2C(F)(F)F)CCCN1. The van der Waals surface area contributed by atoms with Gasteiger partial charge in [0.1, 0.15) is 0 Å². The number of para-hydroxylation sites is 1. The fourth-order valence-corrected chi connectivity index (χ4v) is 2.17. The molecule has 1 aliphatic rings. The average molecular weight is 272 g/mol. The van der Waals surface area contributed by atoms with Crippen LogP contribution in [0, 0.1) is 0 Å². The summed E-state index contributed by atoms with van der Waals surface area (Å²) in [4.78, 5) is 11.4. The number of carbonyl (C=O) groups excluding carboxylic acids is 1. The van der Waals surface area contributed by atoms with Crippen molar-refractivity contribution in [3.63, 3.8) is 0 Å². The standard InChI is InChI=1S/C13H15F3N2O/c14-13(15,16)10-5-1-2-6-11(10)18-9-4-3-7-17-12(19)8-9/h1-2,5-6,9,18H,3-4,7-8H2,(H,17,19). The van der Waals surface area contributed by atoms with Crippen molar-refractivity contribution >= 4 is 11.6 Å². The van der Waals surface area contributed by atoms with Gasteiger partial charge in [-0.2, -0.15) is 13.2 Å². The Morgan fingerprint density at radius 1 is 1.26 bits per heavy atom. The lowest BCUT2D eigenvalue weighted by Crippen LogP contribution is -2.27. The van der Waals surface area contributed by atoms with E-state index >= 15 is 0 Å². The number of carbonyl (C=O) groups is 1. The van der Waals surface area contributed by atoms with Crippen molar-refractivity contribution in [3.8, 4) is 0 Å². The van der Waals surface area contributed by atoms with Crippen molar-refractivity contribution in [3.05, 3.63) is 29.8 Å². The third kappa shape index (κ3) is 3.62. The molecule has 2 rings (SSSR count). The Morgan fingerprint density at radius 3 is 2.74 bits per heavy atom. The van der Waals surface area contributed by atoms with Crippen LogP contribution in [0.15, 0.2) is 24.3 Å². The number of alkyl halides is 3. The summed E-state index contributed by atoms with van der Waals surface area (Å²) in [5.74, 6) is -0.125. The summed E-state index contributed by atoms with van der Waals surface area (Å²) in [6.45, 7) is 0.581. The molecule has 1 aromatic carbocycles. The van der Waals surface area contributed by atoms with E-state index in [0.717, 1.165) is 12.5 Å². The van der Waals surface area contributed by atoms with Crippen LogP contribution in [0.5, 0.6) is 0 Å². The highest BCUT2D eigenvalue weighted by molar-refractivity contribution is 5.77. The van der Waals surface area contributed by atoms with E-state index in [0.29, 0.717) is 13.0 Å². The Bertz CT molecular complexity index is 459. The predicted octanol–water partition coefficient (Wildman–Crippen LogP) is 2.79. The largest absolute Gasteiger partial charge is 0.418 e. The first kappa shape index (κ1) is 13.7. The second-order valence-electron chi connectivity index (χ2n) is 4.58. The minimum Gasteiger partial charge on any atom is -0.381 e. The molecule has 1 saturated heterocycles. The van der Waals surface area contributed by atoms with Gasteiger partial charge in [-0.1, -0.05) is 12.1 Å². The highest BCUT2D eigenvalue weighted by atomic mass is 19.4. The zero-order valence-corrected chi connectivity index (χ0v) is 10.3. The number of amides is 1. The van der Waals surface area contributed by atoms with E-state index in [2.05, 4.69) is 10.6 Å². The summed E-state index contributed by atoms with van der Waals surface area (Å²) in [5.41, 5.74) is -0.658. The van der Waals surface area contributed by atoms with Crippen LogP contribution in [-0.4, -0.2) is 18.5 Å². The molecule has 3 nitrogen and oxygen atoms in total. The molecule has 6 heteroatoms. The second-order valence-corrected chi connectivity index (χ2v) is 4.58. The number of nitrogens with one attached hydrogen (secondary N) is 2. The number of halogens is 3. The Morgan fingerprint density at radius 2 is 2.00 bits per heavy atom. The maximum Gasteiger partial charge on any atom is 0.418 e. The Hall–Kier alpha value is -1.72. The highest BCUT2D eigenvalue weighted by Crippen LogP contribution is 2.35. The summed E-state index contributed by atoms with van der Waals surface area (Å²) in [6.07, 6.45) is -2.76. The summed E-state index contributed by atoms with van der Waals surface area (Å²) >= 11 is 0. The van der Waals surface area contributed by atoms with Crippen LogP contribution in [0.2, 0.25) is 0 Å². The van der Waals surface area contributed by atoms with Gasteiger partial charge in [-0.15, -0.1) is 0 Å². The van der Waals surface area contributed by atoms with Crippen molar-refractivity contribution in [2.24, 2.45) is 0 Å². The van der Waals surface area contributed by atoms with Gasteiger partial charge >= 0.3 is 6.18 Å². The topological polar surface area (TPSA) is 41.1 Å². The molecule has 0 radical (unpaired) electrons. The van der Waals surface area contributed by atoms with Crippen LogP contribution in [0.25, 0.3) is 0 Å². The maximum absolute atomic E-state index is 12.8. The van der Waals surface area contributed by atoms with Crippen LogP contribution in [0.1, 0.15) is 24.8 Å². The van der Waals surface area contributed by atoms with Gasteiger partial charge in [-0.3, -0.25) is 4.79 Å². The van der Waals surface area contributed by atoms with Gasteiger partial charge in [-0.25, -0.2) is 0 Å². The van der Waals surface area contributed by atoms with E-state index < -0.39 is 11.7 Å². The lowest BCUT2D eigenvalue weighted by Gasteiger charge is -2.20. The lowest BCUT2D eigenvalue weighted by molar-refractivity contribution is -0.137. The van der Waals surface area contributed by atoms with Gasteiger partial charge in [0.2, 0.25) is 5.91 Å². The Balaban J connectivity index is 2.16. The molecular formula is C13H15F3N2O. The van der Waals surface area contributed by atoms with Gasteiger partial charge in [0.05, 0.1) is 5.56 Å². The maximum atomic E-state index is 12.8. The van der Waals surface area contributed by atoms with E-state index in [1.54, 1.807) is 6.07 Å². The number of hydrogen-bond acceptors (Lipinski definition) is 2. The molecule has 0 spiro atoms. The minimum atomic E-state index is -4.39. The highest BCUT2D eigenvalue weighted by Gasteiger charge is 2.33. The van der Waals surface area contributed by atoms with E-state index in [4.69, 9.17) is 0 Å². The number of anilines is 1. The molecule has 1 aliphatic heterocycles. The van der Waals surface area contributed by atoms with E-state index in [9.17, 15) is 18.0 Å². The third-order valence-corrected chi connectivity index (χ3v) is 3.08. The Kier molecular flexibility index (Phi) is 3.97. The first-order valence-corrected chi connectivity index (χ1v) is 6.16. The van der Waals surface area contributed by atoms with Crippen molar-refractivity contribution in [1.82, 2.24) is 5.32 Å². The fourth-order valence-electron chi connectivity index (χ4n) is 2.17. The van der Waals surface area contributed by atoms with E-state index in [1.165, 1.54) is 12.1 Å². The predicted molar refractivity (Wildman–Crippen MR) is 65.7 cm³/mol. The van der Waals surface area contributed by atoms with Gasteiger partial charge < -0.3 is 10.6 Å². The monoisotopic (exact) mass is 272 g/mol. The molecule has 104 valence electrons. The Labute approximate surface area is 109 Å². The summed E-state index contributed by atoms with van der Waals surface area (Å²) in [5, 5.41) is 5.55.